The van der Waals surface area contributed by atoms with E-state index in [-0.39, 0.29) is 22.9 Å². The zero-order valence-electron chi connectivity index (χ0n) is 24.9. The van der Waals surface area contributed by atoms with E-state index in [0.717, 1.165) is 11.1 Å². The average molecular weight is 632 g/mol. The van der Waals surface area contributed by atoms with Crippen molar-refractivity contribution in [3.05, 3.63) is 167 Å². The molecule has 1 amide bonds. The SMILES string of the molecule is Cc1ccc(S(=O)(=O)/N=C2\Nc3ccccc3C23C(c2ccccc2)C(=O)N(OCc2ccccc2)C3c2ccccc2F)cc1. The summed E-state index contributed by atoms with van der Waals surface area (Å²) in [4.78, 5) is 21.2. The zero-order valence-corrected chi connectivity index (χ0v) is 25.7. The van der Waals surface area contributed by atoms with Gasteiger partial charge in [0.25, 0.3) is 15.9 Å². The highest BCUT2D eigenvalue weighted by atomic mass is 32.2. The maximum atomic E-state index is 16.0. The summed E-state index contributed by atoms with van der Waals surface area (Å²) < 4.78 is 48.5. The predicted molar refractivity (Wildman–Crippen MR) is 174 cm³/mol. The van der Waals surface area contributed by atoms with E-state index < -0.39 is 39.1 Å². The van der Waals surface area contributed by atoms with Gasteiger partial charge in [0.15, 0.2) is 0 Å². The maximum Gasteiger partial charge on any atom is 0.283 e. The first-order chi connectivity index (χ1) is 22.3. The van der Waals surface area contributed by atoms with Crippen LogP contribution in [0.2, 0.25) is 0 Å². The number of carbonyl (C=O) groups is 1. The van der Waals surface area contributed by atoms with E-state index >= 15 is 4.39 Å². The average Bonchev–Trinajstić information content (AvgIpc) is 3.51. The fraction of sp³-hybridized carbons (Fsp3) is 0.135. The lowest BCUT2D eigenvalue weighted by atomic mass is 9.64. The summed E-state index contributed by atoms with van der Waals surface area (Å²) in [5, 5.41) is 4.48. The van der Waals surface area contributed by atoms with Gasteiger partial charge in [0.2, 0.25) is 0 Å². The number of hydroxylamine groups is 2. The smallest absolute Gasteiger partial charge is 0.283 e. The third kappa shape index (κ3) is 4.88. The molecule has 2 aliphatic heterocycles. The third-order valence-electron chi connectivity index (χ3n) is 8.68. The topological polar surface area (TPSA) is 88.1 Å². The molecule has 5 aromatic carbocycles. The van der Waals surface area contributed by atoms with Crippen LogP contribution in [0.5, 0.6) is 0 Å². The Balaban J connectivity index is 1.53. The van der Waals surface area contributed by atoms with Crippen molar-refractivity contribution >= 4 is 27.5 Å². The van der Waals surface area contributed by atoms with Crippen LogP contribution in [0.3, 0.4) is 0 Å². The summed E-state index contributed by atoms with van der Waals surface area (Å²) in [5.41, 5.74) is 2.12. The molecule has 1 N–H and O–H groups in total. The molecule has 7 nitrogen and oxygen atoms in total. The number of para-hydroxylation sites is 1. The van der Waals surface area contributed by atoms with Gasteiger partial charge in [-0.15, -0.1) is 4.40 Å². The quantitative estimate of drug-likeness (QED) is 0.207. The molecular weight excluding hydrogens is 601 g/mol. The van der Waals surface area contributed by atoms with Crippen molar-refractivity contribution in [2.75, 3.05) is 5.32 Å². The number of amides is 1. The van der Waals surface area contributed by atoms with Crippen molar-refractivity contribution in [2.24, 2.45) is 4.40 Å². The lowest BCUT2D eigenvalue weighted by Gasteiger charge is -2.37. The molecule has 2 heterocycles. The van der Waals surface area contributed by atoms with E-state index in [1.54, 1.807) is 36.4 Å². The van der Waals surface area contributed by atoms with Gasteiger partial charge in [-0.3, -0.25) is 9.63 Å². The molecule has 0 bridgehead atoms. The summed E-state index contributed by atoms with van der Waals surface area (Å²) in [6.45, 7) is 1.89. The predicted octanol–water partition coefficient (Wildman–Crippen LogP) is 7.08. The molecule has 9 heteroatoms. The number of rotatable bonds is 7. The molecule has 1 fully saturated rings. The molecule has 46 heavy (non-hydrogen) atoms. The van der Waals surface area contributed by atoms with Crippen LogP contribution in [0.15, 0.2) is 143 Å². The number of fused-ring (bicyclic) bond motifs is 2. The molecular formula is C37H30FN3O4S. The minimum atomic E-state index is -4.29. The van der Waals surface area contributed by atoms with Crippen molar-refractivity contribution in [3.8, 4) is 0 Å². The van der Waals surface area contributed by atoms with Crippen molar-refractivity contribution in [3.63, 3.8) is 0 Å². The van der Waals surface area contributed by atoms with E-state index in [9.17, 15) is 13.2 Å². The molecule has 3 unspecified atom stereocenters. The molecule has 7 rings (SSSR count). The van der Waals surface area contributed by atoms with E-state index in [2.05, 4.69) is 9.71 Å². The highest BCUT2D eigenvalue weighted by Gasteiger charge is 2.68. The van der Waals surface area contributed by atoms with Crippen LogP contribution in [-0.4, -0.2) is 25.2 Å². The standard InChI is InChI=1S/C37H30FN3O4S/c1-25-20-22-28(23-21-25)46(43,44)40-36-37(30-17-9-11-19-32(30)39-36)33(27-14-6-3-7-15-27)35(42)41(45-24-26-12-4-2-5-13-26)34(37)29-16-8-10-18-31(29)38/h2-23,33-34H,24H2,1H3,(H,39,40). The molecule has 0 aliphatic carbocycles. The number of anilines is 1. The number of hydrogen-bond acceptors (Lipinski definition) is 4. The second-order valence-electron chi connectivity index (χ2n) is 11.5. The number of benzene rings is 5. The minimum Gasteiger partial charge on any atom is -0.342 e. The first kappa shape index (κ1) is 29.6. The second kappa shape index (κ2) is 11.7. The summed E-state index contributed by atoms with van der Waals surface area (Å²) in [6.07, 6.45) is 0. The van der Waals surface area contributed by atoms with Gasteiger partial charge in [0.1, 0.15) is 24.3 Å². The number of hydrogen-bond donors (Lipinski definition) is 1. The number of sulfonamides is 1. The molecule has 3 atom stereocenters. The molecule has 230 valence electrons. The molecule has 5 aromatic rings. The van der Waals surface area contributed by atoms with Crippen molar-refractivity contribution < 1.29 is 22.4 Å². The van der Waals surface area contributed by atoms with Gasteiger partial charge < -0.3 is 5.32 Å². The summed E-state index contributed by atoms with van der Waals surface area (Å²) >= 11 is 0. The normalized spacial score (nSPS) is 21.5. The molecule has 1 saturated heterocycles. The van der Waals surface area contributed by atoms with E-state index in [1.807, 2.05) is 85.8 Å². The van der Waals surface area contributed by atoms with Crippen LogP contribution in [0, 0.1) is 12.7 Å². The summed E-state index contributed by atoms with van der Waals surface area (Å²) in [7, 11) is -4.29. The van der Waals surface area contributed by atoms with Crippen molar-refractivity contribution in [1.82, 2.24) is 5.06 Å². The van der Waals surface area contributed by atoms with Crippen LogP contribution in [0.4, 0.5) is 10.1 Å². The number of amidine groups is 1. The Hall–Kier alpha value is -5.12. The third-order valence-corrected chi connectivity index (χ3v) is 9.97. The number of carbonyl (C=O) groups excluding carboxylic acids is 1. The van der Waals surface area contributed by atoms with E-state index in [1.165, 1.54) is 23.3 Å². The summed E-state index contributed by atoms with van der Waals surface area (Å²) in [6, 6.07) is 37.2. The van der Waals surface area contributed by atoms with Gasteiger partial charge in [0, 0.05) is 11.3 Å². The highest BCUT2D eigenvalue weighted by molar-refractivity contribution is 7.90. The van der Waals surface area contributed by atoms with Crippen LogP contribution in [0.25, 0.3) is 0 Å². The number of nitrogens with one attached hydrogen (secondary N) is 1. The van der Waals surface area contributed by atoms with Crippen LogP contribution in [-0.2, 0) is 31.7 Å². The molecule has 0 radical (unpaired) electrons. The zero-order chi connectivity index (χ0) is 31.9. The lowest BCUT2D eigenvalue weighted by molar-refractivity contribution is -0.198. The Labute approximate surface area is 267 Å². The van der Waals surface area contributed by atoms with Gasteiger partial charge in [-0.25, -0.2) is 9.45 Å². The Morgan fingerprint density at radius 3 is 2.17 bits per heavy atom. The monoisotopic (exact) mass is 631 g/mol. The Morgan fingerprint density at radius 1 is 0.826 bits per heavy atom. The van der Waals surface area contributed by atoms with Crippen LogP contribution < -0.4 is 5.32 Å². The van der Waals surface area contributed by atoms with Crippen molar-refractivity contribution in [2.45, 2.75) is 35.8 Å². The number of halogens is 1. The molecule has 1 spiro atoms. The lowest BCUT2D eigenvalue weighted by Crippen LogP contribution is -2.44. The highest BCUT2D eigenvalue weighted by Crippen LogP contribution is 2.62. The van der Waals surface area contributed by atoms with Crippen LogP contribution in [0.1, 0.15) is 39.8 Å². The largest absolute Gasteiger partial charge is 0.342 e. The van der Waals surface area contributed by atoms with Gasteiger partial charge in [-0.1, -0.05) is 115 Å². The van der Waals surface area contributed by atoms with Crippen LogP contribution >= 0.6 is 0 Å². The molecule has 0 saturated carbocycles. The first-order valence-electron chi connectivity index (χ1n) is 14.9. The minimum absolute atomic E-state index is 0.00119. The summed E-state index contributed by atoms with van der Waals surface area (Å²) in [5.74, 6) is -2.03. The van der Waals surface area contributed by atoms with E-state index in [0.29, 0.717) is 16.8 Å². The Bertz CT molecular complexity index is 2050. The first-order valence-corrected chi connectivity index (χ1v) is 16.3. The fourth-order valence-corrected chi connectivity index (χ4v) is 7.65. The Kier molecular flexibility index (Phi) is 7.50. The second-order valence-corrected chi connectivity index (χ2v) is 13.1. The molecule has 0 aromatic heterocycles. The maximum absolute atomic E-state index is 16.0. The van der Waals surface area contributed by atoms with Crippen molar-refractivity contribution in [1.29, 1.82) is 0 Å². The van der Waals surface area contributed by atoms with E-state index in [4.69, 9.17) is 4.84 Å². The van der Waals surface area contributed by atoms with Gasteiger partial charge in [-0.2, -0.15) is 8.42 Å². The van der Waals surface area contributed by atoms with Gasteiger partial charge in [0.05, 0.1) is 16.2 Å². The number of nitrogens with zero attached hydrogens (tertiary/aromatic N) is 2. The Morgan fingerprint density at radius 2 is 1.46 bits per heavy atom. The number of aryl methyl sites for hydroxylation is 1. The van der Waals surface area contributed by atoms with Gasteiger partial charge >= 0.3 is 0 Å². The molecule has 2 aliphatic rings. The fourth-order valence-electron chi connectivity index (χ4n) is 6.63. The van der Waals surface area contributed by atoms with Gasteiger partial charge in [-0.05, 0) is 47.9 Å².